The summed E-state index contributed by atoms with van der Waals surface area (Å²) in [5, 5.41) is 6.77. The van der Waals surface area contributed by atoms with Crippen molar-refractivity contribution < 1.29 is 14.3 Å². The number of likely N-dealkylation sites (N-methyl/N-ethyl adjacent to an activating group) is 1. The molecule has 10 heteroatoms. The Kier molecular flexibility index (Phi) is 7.02. The van der Waals surface area contributed by atoms with E-state index >= 15 is 0 Å². The third-order valence-electron chi connectivity index (χ3n) is 10.4. The topological polar surface area (TPSA) is 103 Å². The quantitative estimate of drug-likeness (QED) is 0.509. The van der Waals surface area contributed by atoms with Gasteiger partial charge < -0.3 is 30.1 Å². The highest BCUT2D eigenvalue weighted by Crippen LogP contribution is 2.45. The van der Waals surface area contributed by atoms with Crippen molar-refractivity contribution >= 4 is 35.0 Å². The average Bonchev–Trinajstić information content (AvgIpc) is 3.74. The number of nitrogens with zero attached hydrogens (tertiary/aromatic N) is 5. The molecule has 3 aliphatic heterocycles. The zero-order valence-electron chi connectivity index (χ0n) is 26.2. The van der Waals surface area contributed by atoms with Gasteiger partial charge in [-0.05, 0) is 77.0 Å². The molecule has 3 fully saturated rings. The lowest BCUT2D eigenvalue weighted by atomic mass is 9.96. The van der Waals surface area contributed by atoms with Gasteiger partial charge in [0.2, 0.25) is 11.9 Å². The van der Waals surface area contributed by atoms with Gasteiger partial charge in [0.1, 0.15) is 23.1 Å². The molecule has 10 nitrogen and oxygen atoms in total. The minimum atomic E-state index is -0.433. The molecule has 2 aromatic rings. The molecule has 7 rings (SSSR count). The highest BCUT2D eigenvalue weighted by atomic mass is 16.5. The Morgan fingerprint density at radius 3 is 2.53 bits per heavy atom. The van der Waals surface area contributed by atoms with E-state index in [4.69, 9.17) is 9.72 Å². The van der Waals surface area contributed by atoms with Crippen LogP contribution in [-0.4, -0.2) is 77.6 Å². The summed E-state index contributed by atoms with van der Waals surface area (Å²) in [4.78, 5) is 42.9. The molecular weight excluding hydrogens is 542 g/mol. The normalized spacial score (nSPS) is 28.1. The van der Waals surface area contributed by atoms with Gasteiger partial charge in [0.25, 0.3) is 5.91 Å². The molecule has 4 atom stereocenters. The number of rotatable bonds is 6. The first-order valence-electron chi connectivity index (χ1n) is 16.2. The van der Waals surface area contributed by atoms with Gasteiger partial charge in [-0.25, -0.2) is 4.98 Å². The number of benzene rings is 1. The van der Waals surface area contributed by atoms with E-state index in [1.807, 2.05) is 19.2 Å². The molecular formula is C33H45N7O3. The number of likely N-dealkylation sites (tertiary alicyclic amines) is 1. The summed E-state index contributed by atoms with van der Waals surface area (Å²) in [6, 6.07) is 4.12. The third kappa shape index (κ3) is 5.01. The number of anilines is 4. The zero-order valence-corrected chi connectivity index (χ0v) is 26.2. The zero-order chi connectivity index (χ0) is 30.0. The molecule has 2 aliphatic carbocycles. The number of carbonyl (C=O) groups is 2. The fourth-order valence-corrected chi connectivity index (χ4v) is 8.45. The van der Waals surface area contributed by atoms with Crippen molar-refractivity contribution in [3.63, 3.8) is 0 Å². The van der Waals surface area contributed by atoms with Crippen LogP contribution in [0.5, 0.6) is 5.75 Å². The van der Waals surface area contributed by atoms with Crippen LogP contribution in [0.25, 0.3) is 0 Å². The molecule has 0 radical (unpaired) electrons. The first kappa shape index (κ1) is 28.4. The van der Waals surface area contributed by atoms with Crippen LogP contribution in [0.2, 0.25) is 0 Å². The van der Waals surface area contributed by atoms with E-state index in [-0.39, 0.29) is 23.9 Å². The van der Waals surface area contributed by atoms with E-state index < -0.39 is 5.60 Å². The van der Waals surface area contributed by atoms with Crippen molar-refractivity contribution in [2.75, 3.05) is 42.3 Å². The number of hydrogen-bond acceptors (Lipinski definition) is 8. The smallest absolute Gasteiger partial charge is 0.251 e. The maximum Gasteiger partial charge on any atom is 0.251 e. The van der Waals surface area contributed by atoms with Crippen LogP contribution >= 0.6 is 0 Å². The summed E-state index contributed by atoms with van der Waals surface area (Å²) in [7, 11) is 4.00. The number of ether oxygens (including phenoxy) is 1. The number of nitrogens with one attached hydrogen (secondary N) is 2. The second-order valence-electron chi connectivity index (χ2n) is 14.1. The summed E-state index contributed by atoms with van der Waals surface area (Å²) in [6.07, 6.45) is 9.71. The molecule has 5 aliphatic rings. The minimum absolute atomic E-state index is 0.0158. The van der Waals surface area contributed by atoms with Crippen LogP contribution in [0.4, 0.5) is 23.1 Å². The summed E-state index contributed by atoms with van der Waals surface area (Å²) in [5.41, 5.74) is 2.66. The maximum absolute atomic E-state index is 13.6. The fraction of sp³-hybridized carbons (Fsp3) is 0.636. The van der Waals surface area contributed by atoms with Gasteiger partial charge >= 0.3 is 0 Å². The molecule has 4 heterocycles. The summed E-state index contributed by atoms with van der Waals surface area (Å²) < 4.78 is 6.44. The van der Waals surface area contributed by atoms with Crippen LogP contribution in [-0.2, 0) is 11.2 Å². The minimum Gasteiger partial charge on any atom is -0.485 e. The Balaban J connectivity index is 1.16. The lowest BCUT2D eigenvalue weighted by molar-refractivity contribution is -0.120. The highest BCUT2D eigenvalue weighted by molar-refractivity contribution is 6.04. The first-order valence-corrected chi connectivity index (χ1v) is 16.2. The molecule has 0 bridgehead atoms. The molecule has 2 N–H and O–H groups in total. The van der Waals surface area contributed by atoms with Crippen molar-refractivity contribution in [2.45, 2.75) is 95.9 Å². The Morgan fingerprint density at radius 2 is 1.84 bits per heavy atom. The number of amides is 2. The number of aromatic nitrogens is 2. The molecule has 1 unspecified atom stereocenters. The monoisotopic (exact) mass is 587 g/mol. The van der Waals surface area contributed by atoms with Gasteiger partial charge in [-0.15, -0.1) is 0 Å². The Morgan fingerprint density at radius 1 is 1.12 bits per heavy atom. The largest absolute Gasteiger partial charge is 0.485 e. The van der Waals surface area contributed by atoms with Crippen molar-refractivity contribution in [2.24, 2.45) is 11.8 Å². The van der Waals surface area contributed by atoms with Crippen LogP contribution in [0.3, 0.4) is 0 Å². The number of fused-ring (bicyclic) bond motifs is 3. The Labute approximate surface area is 254 Å². The van der Waals surface area contributed by atoms with Crippen molar-refractivity contribution in [1.82, 2.24) is 20.2 Å². The molecule has 230 valence electrons. The van der Waals surface area contributed by atoms with Gasteiger partial charge in [-0.1, -0.05) is 19.8 Å². The molecule has 1 saturated heterocycles. The maximum atomic E-state index is 13.6. The van der Waals surface area contributed by atoms with E-state index in [9.17, 15) is 9.59 Å². The van der Waals surface area contributed by atoms with E-state index in [0.29, 0.717) is 41.6 Å². The van der Waals surface area contributed by atoms with Gasteiger partial charge in [0.05, 0.1) is 11.9 Å². The van der Waals surface area contributed by atoms with Gasteiger partial charge in [0.15, 0.2) is 5.82 Å². The van der Waals surface area contributed by atoms with E-state index in [2.05, 4.69) is 53.2 Å². The third-order valence-corrected chi connectivity index (χ3v) is 10.4. The van der Waals surface area contributed by atoms with E-state index in [1.54, 1.807) is 11.1 Å². The fourth-order valence-electron chi connectivity index (χ4n) is 8.45. The summed E-state index contributed by atoms with van der Waals surface area (Å²) in [6.45, 7) is 8.44. The number of hydrogen-bond donors (Lipinski definition) is 2. The van der Waals surface area contributed by atoms with Crippen LogP contribution in [0.15, 0.2) is 18.3 Å². The number of carbonyl (C=O) groups excluding carboxylic acids is 2. The lowest BCUT2D eigenvalue weighted by Crippen LogP contribution is -2.55. The summed E-state index contributed by atoms with van der Waals surface area (Å²) >= 11 is 0. The molecule has 2 amide bonds. The van der Waals surface area contributed by atoms with Crippen molar-refractivity contribution in [3.8, 4) is 5.75 Å². The van der Waals surface area contributed by atoms with Gasteiger partial charge in [-0.2, -0.15) is 4.98 Å². The van der Waals surface area contributed by atoms with E-state index in [1.165, 1.54) is 12.8 Å². The SMILES string of the molecule is CC[C@@H]1C(=O)N(C)c2cnc(Nc3ccc(C(=O)NC4C[C@@H]5CN(C)C[C@@H]5C4)c4c3OC(C)(C)C4)nc2N1C1CCCC1. The predicted octanol–water partition coefficient (Wildman–Crippen LogP) is 4.51. The molecule has 2 saturated carbocycles. The van der Waals surface area contributed by atoms with Gasteiger partial charge in [0, 0.05) is 49.8 Å². The molecule has 43 heavy (non-hydrogen) atoms. The standard InChI is InChI=1S/C33H45N7O3/c1-6-26-31(42)39(5)27-16-34-32(37-29(27)40(26)22-9-7-8-10-22)36-25-12-11-23(24-15-33(2,3)43-28(24)25)30(41)35-21-13-19-17-38(4)18-20(19)14-21/h11-12,16,19-22,26H,6-10,13-15,17-18H2,1-5H3,(H,35,41)(H,34,36,37)/t19-,20+,21?,26-/m1/s1. The molecule has 1 aromatic heterocycles. The molecule has 1 aromatic carbocycles. The van der Waals surface area contributed by atoms with Crippen molar-refractivity contribution in [1.29, 1.82) is 0 Å². The Bertz CT molecular complexity index is 1420. The Hall–Kier alpha value is -3.40. The van der Waals surface area contributed by atoms with Crippen molar-refractivity contribution in [3.05, 3.63) is 29.5 Å². The van der Waals surface area contributed by atoms with Crippen LogP contribution in [0.1, 0.15) is 81.6 Å². The second kappa shape index (κ2) is 10.6. The highest BCUT2D eigenvalue weighted by Gasteiger charge is 2.43. The molecule has 0 spiro atoms. The average molecular weight is 588 g/mol. The first-order chi connectivity index (χ1) is 20.6. The van der Waals surface area contributed by atoms with Gasteiger partial charge in [-0.3, -0.25) is 9.59 Å². The summed E-state index contributed by atoms with van der Waals surface area (Å²) in [5.74, 6) is 3.40. The van der Waals surface area contributed by atoms with Crippen LogP contribution in [0, 0.1) is 11.8 Å². The van der Waals surface area contributed by atoms with E-state index in [0.717, 1.165) is 67.9 Å². The lowest BCUT2D eigenvalue weighted by Gasteiger charge is -2.43. The predicted molar refractivity (Wildman–Crippen MR) is 167 cm³/mol. The van der Waals surface area contributed by atoms with Crippen LogP contribution < -0.4 is 25.2 Å². The second-order valence-corrected chi connectivity index (χ2v) is 14.1.